The minimum Gasteiger partial charge on any atom is -0.391 e. The molecule has 3 aromatic heterocycles. The lowest BCUT2D eigenvalue weighted by molar-refractivity contribution is 0.166. The molecule has 3 aromatic rings. The molecule has 1 unspecified atom stereocenters. The molecule has 3 atom stereocenters. The third kappa shape index (κ3) is 3.86. The summed E-state index contributed by atoms with van der Waals surface area (Å²) in [6.07, 6.45) is 10.0. The fourth-order valence-corrected chi connectivity index (χ4v) is 3.67. The van der Waals surface area contributed by atoms with Crippen molar-refractivity contribution in [3.8, 4) is 11.1 Å². The molecular formula is C19H20ClN5O. The van der Waals surface area contributed by atoms with Crippen LogP contribution in [-0.4, -0.2) is 37.0 Å². The van der Waals surface area contributed by atoms with Gasteiger partial charge in [0.15, 0.2) is 0 Å². The lowest BCUT2D eigenvalue weighted by atomic mass is 10.1. The highest BCUT2D eigenvalue weighted by Gasteiger charge is 2.33. The van der Waals surface area contributed by atoms with E-state index in [4.69, 9.17) is 11.6 Å². The van der Waals surface area contributed by atoms with E-state index in [0.717, 1.165) is 36.3 Å². The summed E-state index contributed by atoms with van der Waals surface area (Å²) in [4.78, 5) is 8.52. The summed E-state index contributed by atoms with van der Waals surface area (Å²) < 4.78 is 1.84. The molecule has 1 fully saturated rings. The first-order chi connectivity index (χ1) is 12.7. The van der Waals surface area contributed by atoms with Crippen LogP contribution in [-0.2, 0) is 6.54 Å². The number of aromatic nitrogens is 4. The van der Waals surface area contributed by atoms with Crippen LogP contribution in [0.3, 0.4) is 0 Å². The van der Waals surface area contributed by atoms with Gasteiger partial charge in [-0.3, -0.25) is 9.67 Å². The standard InChI is InChI=1S/C19H20ClN5O/c20-16-10-23-25(12-16)11-13-7-17(18(26)8-13)24-19-2-1-15(9-22-19)14-3-5-21-6-4-14/h1-6,9-10,12-13,17-18,26H,7-8,11H2,(H,22,24)/t13?,17-,18-/m1/s1. The molecule has 0 spiro atoms. The summed E-state index contributed by atoms with van der Waals surface area (Å²) in [6.45, 7) is 0.760. The quantitative estimate of drug-likeness (QED) is 0.722. The molecule has 0 aromatic carbocycles. The van der Waals surface area contributed by atoms with Gasteiger partial charge < -0.3 is 10.4 Å². The summed E-state index contributed by atoms with van der Waals surface area (Å²) in [5, 5.41) is 18.6. The van der Waals surface area contributed by atoms with Crippen LogP contribution in [0, 0.1) is 5.92 Å². The van der Waals surface area contributed by atoms with Crippen LogP contribution in [0.25, 0.3) is 11.1 Å². The van der Waals surface area contributed by atoms with Gasteiger partial charge in [0, 0.05) is 36.9 Å². The molecule has 134 valence electrons. The first-order valence-corrected chi connectivity index (χ1v) is 9.04. The summed E-state index contributed by atoms with van der Waals surface area (Å²) in [5.41, 5.74) is 2.12. The second kappa shape index (κ2) is 7.43. The van der Waals surface area contributed by atoms with Gasteiger partial charge in [0.1, 0.15) is 5.82 Å². The number of anilines is 1. The van der Waals surface area contributed by atoms with E-state index in [2.05, 4.69) is 20.4 Å². The Balaban J connectivity index is 1.38. The molecule has 1 aliphatic rings. The highest BCUT2D eigenvalue weighted by Crippen LogP contribution is 2.30. The maximum Gasteiger partial charge on any atom is 0.126 e. The Kier molecular flexibility index (Phi) is 4.86. The van der Waals surface area contributed by atoms with Crippen LogP contribution in [0.4, 0.5) is 5.82 Å². The van der Waals surface area contributed by atoms with Gasteiger partial charge in [-0.1, -0.05) is 11.6 Å². The van der Waals surface area contributed by atoms with Crippen LogP contribution in [0.2, 0.25) is 5.02 Å². The Hall–Kier alpha value is -2.44. The van der Waals surface area contributed by atoms with Crippen molar-refractivity contribution in [3.05, 3.63) is 60.3 Å². The Bertz CT molecular complexity index is 852. The topological polar surface area (TPSA) is 75.9 Å². The Labute approximate surface area is 156 Å². The second-order valence-corrected chi connectivity index (χ2v) is 7.14. The zero-order chi connectivity index (χ0) is 17.9. The van der Waals surface area contributed by atoms with E-state index >= 15 is 0 Å². The molecule has 1 saturated carbocycles. The second-order valence-electron chi connectivity index (χ2n) is 6.70. The van der Waals surface area contributed by atoms with E-state index in [1.807, 2.05) is 41.3 Å². The molecule has 3 heterocycles. The van der Waals surface area contributed by atoms with E-state index in [1.165, 1.54) is 0 Å². The number of nitrogens with zero attached hydrogens (tertiary/aromatic N) is 4. The van der Waals surface area contributed by atoms with Gasteiger partial charge in [-0.2, -0.15) is 5.10 Å². The lowest BCUT2D eigenvalue weighted by Crippen LogP contribution is -2.28. The van der Waals surface area contributed by atoms with E-state index in [9.17, 15) is 5.11 Å². The minimum absolute atomic E-state index is 0.00897. The van der Waals surface area contributed by atoms with Gasteiger partial charge >= 0.3 is 0 Å². The Morgan fingerprint density at radius 1 is 1.12 bits per heavy atom. The van der Waals surface area contributed by atoms with Crippen LogP contribution in [0.15, 0.2) is 55.2 Å². The van der Waals surface area contributed by atoms with Crippen molar-refractivity contribution >= 4 is 17.4 Å². The van der Waals surface area contributed by atoms with Crippen molar-refractivity contribution in [3.63, 3.8) is 0 Å². The number of rotatable bonds is 5. The van der Waals surface area contributed by atoms with Crippen molar-refractivity contribution in [2.24, 2.45) is 5.92 Å². The molecule has 0 aliphatic heterocycles. The molecule has 6 nitrogen and oxygen atoms in total. The zero-order valence-corrected chi connectivity index (χ0v) is 14.9. The Morgan fingerprint density at radius 3 is 2.65 bits per heavy atom. The predicted molar refractivity (Wildman–Crippen MR) is 101 cm³/mol. The van der Waals surface area contributed by atoms with Gasteiger partial charge in [-0.15, -0.1) is 0 Å². The van der Waals surface area contributed by atoms with Crippen molar-refractivity contribution < 1.29 is 5.11 Å². The molecule has 0 bridgehead atoms. The molecule has 4 rings (SSSR count). The summed E-state index contributed by atoms with van der Waals surface area (Å²) in [7, 11) is 0. The highest BCUT2D eigenvalue weighted by atomic mass is 35.5. The molecule has 7 heteroatoms. The summed E-state index contributed by atoms with van der Waals surface area (Å²) in [5.74, 6) is 1.13. The van der Waals surface area contributed by atoms with Crippen LogP contribution < -0.4 is 5.32 Å². The maximum absolute atomic E-state index is 10.4. The maximum atomic E-state index is 10.4. The van der Waals surface area contributed by atoms with Gasteiger partial charge in [0.2, 0.25) is 0 Å². The van der Waals surface area contributed by atoms with Crippen molar-refractivity contribution in [2.45, 2.75) is 31.5 Å². The molecule has 0 saturated heterocycles. The van der Waals surface area contributed by atoms with Crippen LogP contribution in [0.5, 0.6) is 0 Å². The van der Waals surface area contributed by atoms with Gasteiger partial charge in [0.05, 0.1) is 23.4 Å². The van der Waals surface area contributed by atoms with E-state index in [0.29, 0.717) is 10.9 Å². The van der Waals surface area contributed by atoms with Crippen molar-refractivity contribution in [1.29, 1.82) is 0 Å². The average Bonchev–Trinajstić information content (AvgIpc) is 3.22. The predicted octanol–water partition coefficient (Wildman–Crippen LogP) is 3.25. The smallest absolute Gasteiger partial charge is 0.126 e. The van der Waals surface area contributed by atoms with E-state index in [1.54, 1.807) is 18.6 Å². The van der Waals surface area contributed by atoms with E-state index in [-0.39, 0.29) is 6.04 Å². The number of halogens is 1. The number of pyridine rings is 2. The SMILES string of the molecule is O[C@@H]1CC(Cn2cc(Cl)cn2)C[C@H]1Nc1ccc(-c2ccncc2)cn1. The number of hydrogen-bond donors (Lipinski definition) is 2. The number of hydrogen-bond acceptors (Lipinski definition) is 5. The summed E-state index contributed by atoms with van der Waals surface area (Å²) in [6, 6.07) is 7.87. The number of aliphatic hydroxyl groups is 1. The molecule has 2 N–H and O–H groups in total. The molecule has 0 amide bonds. The average molecular weight is 370 g/mol. The molecule has 0 radical (unpaired) electrons. The fraction of sp³-hybridized carbons (Fsp3) is 0.316. The summed E-state index contributed by atoms with van der Waals surface area (Å²) >= 11 is 5.91. The largest absolute Gasteiger partial charge is 0.391 e. The highest BCUT2D eigenvalue weighted by molar-refractivity contribution is 6.30. The van der Waals surface area contributed by atoms with Crippen LogP contribution >= 0.6 is 11.6 Å². The van der Waals surface area contributed by atoms with Crippen molar-refractivity contribution in [2.75, 3.05) is 5.32 Å². The fourth-order valence-electron chi connectivity index (χ4n) is 3.51. The monoisotopic (exact) mass is 369 g/mol. The van der Waals surface area contributed by atoms with Gasteiger partial charge in [0.25, 0.3) is 0 Å². The lowest BCUT2D eigenvalue weighted by Gasteiger charge is -2.17. The van der Waals surface area contributed by atoms with Crippen molar-refractivity contribution in [1.82, 2.24) is 19.7 Å². The molecule has 26 heavy (non-hydrogen) atoms. The van der Waals surface area contributed by atoms with Gasteiger partial charge in [-0.05, 0) is 48.6 Å². The minimum atomic E-state index is -0.396. The number of nitrogens with one attached hydrogen (secondary N) is 1. The van der Waals surface area contributed by atoms with Crippen LogP contribution in [0.1, 0.15) is 12.8 Å². The number of aliphatic hydroxyl groups excluding tert-OH is 1. The van der Waals surface area contributed by atoms with Gasteiger partial charge in [-0.25, -0.2) is 4.98 Å². The first-order valence-electron chi connectivity index (χ1n) is 8.66. The molecular weight excluding hydrogens is 350 g/mol. The molecule has 1 aliphatic carbocycles. The Morgan fingerprint density at radius 2 is 1.96 bits per heavy atom. The normalized spacial score (nSPS) is 22.5. The third-order valence-electron chi connectivity index (χ3n) is 4.78. The zero-order valence-electron chi connectivity index (χ0n) is 14.2. The third-order valence-corrected chi connectivity index (χ3v) is 4.98. The first kappa shape index (κ1) is 17.0. The van der Waals surface area contributed by atoms with E-state index < -0.39 is 6.10 Å².